The highest BCUT2D eigenvalue weighted by atomic mass is 79.9. The molecule has 0 radical (unpaired) electrons. The monoisotopic (exact) mass is 303 g/mol. The number of hydrogen-bond acceptors (Lipinski definition) is 1. The molecule has 0 amide bonds. The van der Waals surface area contributed by atoms with Crippen LogP contribution >= 0.6 is 27.5 Å². The van der Waals surface area contributed by atoms with Gasteiger partial charge in [0.2, 0.25) is 0 Å². The van der Waals surface area contributed by atoms with Gasteiger partial charge in [-0.2, -0.15) is 0 Å². The van der Waals surface area contributed by atoms with Crippen molar-refractivity contribution in [2.75, 3.05) is 11.4 Å². The van der Waals surface area contributed by atoms with E-state index in [9.17, 15) is 0 Å². The van der Waals surface area contributed by atoms with Gasteiger partial charge < -0.3 is 4.90 Å². The fourth-order valence-electron chi connectivity index (χ4n) is 1.90. The van der Waals surface area contributed by atoms with Gasteiger partial charge in [0.05, 0.1) is 10.7 Å². The van der Waals surface area contributed by atoms with E-state index in [1.54, 1.807) is 0 Å². The van der Waals surface area contributed by atoms with Gasteiger partial charge in [0, 0.05) is 17.9 Å². The minimum atomic E-state index is 0.516. The minimum absolute atomic E-state index is 0.516. The summed E-state index contributed by atoms with van der Waals surface area (Å²) in [6.45, 7) is 7.61. The molecule has 0 saturated carbocycles. The molecule has 0 N–H and O–H groups in total. The SMILES string of the molecule is CCC(C)N(CC)c1c(Cl)cccc1CBr. The number of halogens is 2. The van der Waals surface area contributed by atoms with E-state index in [2.05, 4.69) is 47.7 Å². The van der Waals surface area contributed by atoms with E-state index in [-0.39, 0.29) is 0 Å². The average molecular weight is 305 g/mol. The lowest BCUT2D eigenvalue weighted by Crippen LogP contribution is -2.33. The molecular weight excluding hydrogens is 286 g/mol. The van der Waals surface area contributed by atoms with E-state index in [4.69, 9.17) is 11.6 Å². The molecule has 90 valence electrons. The Morgan fingerprint density at radius 3 is 2.56 bits per heavy atom. The third-order valence-corrected chi connectivity index (χ3v) is 3.87. The Morgan fingerprint density at radius 1 is 1.38 bits per heavy atom. The molecule has 0 bridgehead atoms. The molecule has 0 aliphatic carbocycles. The zero-order valence-corrected chi connectivity index (χ0v) is 12.5. The van der Waals surface area contributed by atoms with Crippen LogP contribution in [0.5, 0.6) is 0 Å². The molecule has 0 heterocycles. The lowest BCUT2D eigenvalue weighted by Gasteiger charge is -2.32. The second kappa shape index (κ2) is 6.51. The Kier molecular flexibility index (Phi) is 5.63. The van der Waals surface area contributed by atoms with Crippen LogP contribution < -0.4 is 4.90 Å². The number of hydrogen-bond donors (Lipinski definition) is 0. The van der Waals surface area contributed by atoms with Crippen molar-refractivity contribution >= 4 is 33.2 Å². The molecule has 1 aromatic carbocycles. The summed E-state index contributed by atoms with van der Waals surface area (Å²) in [5, 5.41) is 1.69. The topological polar surface area (TPSA) is 3.24 Å². The van der Waals surface area contributed by atoms with Gasteiger partial charge in [-0.3, -0.25) is 0 Å². The first-order valence-corrected chi connectivity index (χ1v) is 7.25. The lowest BCUT2D eigenvalue weighted by molar-refractivity contribution is 0.628. The zero-order valence-electron chi connectivity index (χ0n) is 10.1. The Morgan fingerprint density at radius 2 is 2.06 bits per heavy atom. The lowest BCUT2D eigenvalue weighted by atomic mass is 10.1. The summed E-state index contributed by atoms with van der Waals surface area (Å²) in [7, 11) is 0. The third-order valence-electron chi connectivity index (χ3n) is 2.97. The van der Waals surface area contributed by atoms with Crippen molar-refractivity contribution in [3.05, 3.63) is 28.8 Å². The van der Waals surface area contributed by atoms with Crippen molar-refractivity contribution in [2.45, 2.75) is 38.6 Å². The number of para-hydroxylation sites is 1. The van der Waals surface area contributed by atoms with E-state index < -0.39 is 0 Å². The largest absolute Gasteiger partial charge is 0.368 e. The van der Waals surface area contributed by atoms with Crippen LogP contribution in [0.15, 0.2) is 18.2 Å². The Hall–Kier alpha value is -0.210. The highest BCUT2D eigenvalue weighted by Gasteiger charge is 2.17. The van der Waals surface area contributed by atoms with Crippen LogP contribution in [-0.4, -0.2) is 12.6 Å². The van der Waals surface area contributed by atoms with Crippen LogP contribution in [0.4, 0.5) is 5.69 Å². The normalized spacial score (nSPS) is 12.6. The molecule has 0 aliphatic heterocycles. The van der Waals surface area contributed by atoms with Gasteiger partial charge in [-0.05, 0) is 31.9 Å². The van der Waals surface area contributed by atoms with E-state index in [0.717, 1.165) is 23.3 Å². The van der Waals surface area contributed by atoms with Gasteiger partial charge in [-0.15, -0.1) is 0 Å². The number of nitrogens with zero attached hydrogens (tertiary/aromatic N) is 1. The van der Waals surface area contributed by atoms with Crippen molar-refractivity contribution in [3.8, 4) is 0 Å². The molecule has 0 spiro atoms. The number of benzene rings is 1. The molecule has 1 unspecified atom stereocenters. The third kappa shape index (κ3) is 2.92. The van der Waals surface area contributed by atoms with Crippen molar-refractivity contribution in [2.24, 2.45) is 0 Å². The summed E-state index contributed by atoms with van der Waals surface area (Å²) in [6, 6.07) is 6.62. The molecule has 1 aromatic rings. The van der Waals surface area contributed by atoms with Gasteiger partial charge in [0.1, 0.15) is 0 Å². The Balaban J connectivity index is 3.17. The molecule has 0 saturated heterocycles. The quantitative estimate of drug-likeness (QED) is 0.702. The van der Waals surface area contributed by atoms with Crippen molar-refractivity contribution in [1.29, 1.82) is 0 Å². The maximum absolute atomic E-state index is 6.32. The van der Waals surface area contributed by atoms with Crippen LogP contribution in [-0.2, 0) is 5.33 Å². The molecule has 1 rings (SSSR count). The molecule has 0 fully saturated rings. The second-order valence-corrected chi connectivity index (χ2v) is 4.89. The summed E-state index contributed by atoms with van der Waals surface area (Å²) >= 11 is 9.85. The van der Waals surface area contributed by atoms with E-state index in [1.807, 2.05) is 12.1 Å². The molecule has 1 atom stereocenters. The maximum atomic E-state index is 6.32. The van der Waals surface area contributed by atoms with Crippen molar-refractivity contribution in [1.82, 2.24) is 0 Å². The molecular formula is C13H19BrClN. The van der Waals surface area contributed by atoms with Crippen LogP contribution in [0, 0.1) is 0 Å². The molecule has 0 aromatic heterocycles. The zero-order chi connectivity index (χ0) is 12.1. The van der Waals surface area contributed by atoms with Crippen LogP contribution in [0.3, 0.4) is 0 Å². The van der Waals surface area contributed by atoms with Gasteiger partial charge >= 0.3 is 0 Å². The second-order valence-electron chi connectivity index (χ2n) is 3.92. The fraction of sp³-hybridized carbons (Fsp3) is 0.538. The van der Waals surface area contributed by atoms with Gasteiger partial charge in [-0.1, -0.05) is 46.6 Å². The van der Waals surface area contributed by atoms with Crippen molar-refractivity contribution in [3.63, 3.8) is 0 Å². The highest BCUT2D eigenvalue weighted by molar-refractivity contribution is 9.08. The van der Waals surface area contributed by atoms with E-state index >= 15 is 0 Å². The summed E-state index contributed by atoms with van der Waals surface area (Å²) < 4.78 is 0. The summed E-state index contributed by atoms with van der Waals surface area (Å²) in [5.41, 5.74) is 2.44. The fourth-order valence-corrected chi connectivity index (χ4v) is 2.66. The molecule has 1 nitrogen and oxygen atoms in total. The van der Waals surface area contributed by atoms with Gasteiger partial charge in [0.25, 0.3) is 0 Å². The molecule has 16 heavy (non-hydrogen) atoms. The van der Waals surface area contributed by atoms with Crippen LogP contribution in [0.25, 0.3) is 0 Å². The number of alkyl halides is 1. The summed E-state index contributed by atoms with van der Waals surface area (Å²) in [5.74, 6) is 0. The van der Waals surface area contributed by atoms with E-state index in [0.29, 0.717) is 6.04 Å². The first-order chi connectivity index (χ1) is 7.65. The maximum Gasteiger partial charge on any atom is 0.0642 e. The molecule has 0 aliphatic rings. The smallest absolute Gasteiger partial charge is 0.0642 e. The number of rotatable bonds is 5. The predicted octanol–water partition coefficient (Wildman–Crippen LogP) is 4.86. The number of anilines is 1. The summed E-state index contributed by atoms with van der Waals surface area (Å²) in [6.07, 6.45) is 1.13. The standard InChI is InChI=1S/C13H19BrClN/c1-4-10(3)16(5-2)13-11(9-14)7-6-8-12(13)15/h6-8,10H,4-5,9H2,1-3H3. The van der Waals surface area contributed by atoms with Crippen LogP contribution in [0.2, 0.25) is 5.02 Å². The summed E-state index contributed by atoms with van der Waals surface area (Å²) in [4.78, 5) is 2.37. The Labute approximate surface area is 112 Å². The predicted molar refractivity (Wildman–Crippen MR) is 76.9 cm³/mol. The molecule has 3 heteroatoms. The van der Waals surface area contributed by atoms with Gasteiger partial charge in [-0.25, -0.2) is 0 Å². The van der Waals surface area contributed by atoms with Crippen LogP contribution in [0.1, 0.15) is 32.8 Å². The average Bonchev–Trinajstić information content (AvgIpc) is 2.31. The first kappa shape index (κ1) is 13.9. The van der Waals surface area contributed by atoms with E-state index in [1.165, 1.54) is 11.3 Å². The highest BCUT2D eigenvalue weighted by Crippen LogP contribution is 2.32. The minimum Gasteiger partial charge on any atom is -0.368 e. The first-order valence-electron chi connectivity index (χ1n) is 5.75. The van der Waals surface area contributed by atoms with Crippen molar-refractivity contribution < 1.29 is 0 Å². The Bertz CT molecular complexity index is 341. The van der Waals surface area contributed by atoms with Gasteiger partial charge in [0.15, 0.2) is 0 Å².